The third-order valence-electron chi connectivity index (χ3n) is 7.30. The Hall–Kier alpha value is -3.37. The highest BCUT2D eigenvalue weighted by Gasteiger charge is 2.35. The van der Waals surface area contributed by atoms with Crippen LogP contribution in [0.25, 0.3) is 0 Å². The second-order valence-corrected chi connectivity index (χ2v) is 15.0. The highest BCUT2D eigenvalue weighted by Crippen LogP contribution is 2.29. The molecule has 0 aromatic heterocycles. The van der Waals surface area contributed by atoms with Crippen LogP contribution in [0.1, 0.15) is 30.5 Å². The van der Waals surface area contributed by atoms with Crippen LogP contribution in [-0.2, 0) is 32.6 Å². The van der Waals surface area contributed by atoms with E-state index in [2.05, 4.69) is 21.2 Å². The van der Waals surface area contributed by atoms with Crippen LogP contribution in [0.3, 0.4) is 0 Å². The lowest BCUT2D eigenvalue weighted by molar-refractivity contribution is -0.140. The van der Waals surface area contributed by atoms with Crippen molar-refractivity contribution < 1.29 is 18.0 Å². The van der Waals surface area contributed by atoms with Crippen LogP contribution in [0, 0.1) is 12.8 Å². The zero-order valence-electron chi connectivity index (χ0n) is 25.8. The number of nitrogens with one attached hydrogen (secondary N) is 1. The molecule has 2 amide bonds. The van der Waals surface area contributed by atoms with Crippen LogP contribution in [0.15, 0.2) is 106 Å². The van der Waals surface area contributed by atoms with Gasteiger partial charge in [0.15, 0.2) is 0 Å². The molecule has 242 valence electrons. The molecule has 0 saturated heterocycles. The number of hydrogen-bond acceptors (Lipinski definition) is 4. The quantitative estimate of drug-likeness (QED) is 0.152. The second-order valence-electron chi connectivity index (χ2n) is 11.4. The summed E-state index contributed by atoms with van der Waals surface area (Å²) >= 11 is 16.2. The van der Waals surface area contributed by atoms with Crippen molar-refractivity contribution >= 4 is 66.7 Å². The van der Waals surface area contributed by atoms with E-state index in [1.807, 2.05) is 51.1 Å². The summed E-state index contributed by atoms with van der Waals surface area (Å²) in [6.45, 7) is 5.60. The number of sulfonamides is 1. The molecule has 7 nitrogen and oxygen atoms in total. The molecule has 4 rings (SSSR count). The molecule has 0 heterocycles. The van der Waals surface area contributed by atoms with Gasteiger partial charge in [-0.3, -0.25) is 13.9 Å². The topological polar surface area (TPSA) is 86.8 Å². The van der Waals surface area contributed by atoms with Crippen molar-refractivity contribution in [2.24, 2.45) is 5.92 Å². The van der Waals surface area contributed by atoms with Crippen molar-refractivity contribution in [3.63, 3.8) is 0 Å². The minimum Gasteiger partial charge on any atom is -0.354 e. The molecule has 0 fully saturated rings. The van der Waals surface area contributed by atoms with Crippen molar-refractivity contribution in [3.05, 3.63) is 128 Å². The molecule has 11 heteroatoms. The lowest BCUT2D eigenvalue weighted by Crippen LogP contribution is -2.53. The van der Waals surface area contributed by atoms with Crippen molar-refractivity contribution in [3.8, 4) is 0 Å². The molecule has 0 aliphatic carbocycles. The third kappa shape index (κ3) is 9.35. The Morgan fingerprint density at radius 3 is 2.22 bits per heavy atom. The first-order valence-electron chi connectivity index (χ1n) is 14.7. The number of nitrogens with zero attached hydrogens (tertiary/aromatic N) is 2. The monoisotopic (exact) mass is 743 g/mol. The Bertz CT molecular complexity index is 1770. The third-order valence-corrected chi connectivity index (χ3v) is 10.2. The summed E-state index contributed by atoms with van der Waals surface area (Å²) in [5, 5.41) is 3.72. The number of anilines is 1. The van der Waals surface area contributed by atoms with E-state index in [1.165, 1.54) is 17.0 Å². The van der Waals surface area contributed by atoms with Crippen molar-refractivity contribution in [1.82, 2.24) is 10.2 Å². The zero-order chi connectivity index (χ0) is 33.4. The Morgan fingerprint density at radius 1 is 0.891 bits per heavy atom. The summed E-state index contributed by atoms with van der Waals surface area (Å²) < 4.78 is 30.0. The largest absolute Gasteiger partial charge is 0.354 e. The van der Waals surface area contributed by atoms with E-state index in [1.54, 1.807) is 54.6 Å². The van der Waals surface area contributed by atoms with E-state index < -0.39 is 28.5 Å². The fourth-order valence-corrected chi connectivity index (χ4v) is 7.07. The Labute approximate surface area is 289 Å². The minimum atomic E-state index is -4.21. The van der Waals surface area contributed by atoms with E-state index in [4.69, 9.17) is 23.2 Å². The molecular formula is C35H36BrCl2N3O4S. The highest BCUT2D eigenvalue weighted by atomic mass is 79.9. The summed E-state index contributed by atoms with van der Waals surface area (Å²) in [7, 11) is -4.21. The van der Waals surface area contributed by atoms with E-state index >= 15 is 0 Å². The molecule has 0 spiro atoms. The first-order valence-corrected chi connectivity index (χ1v) is 17.7. The maximum atomic E-state index is 14.6. The molecule has 0 unspecified atom stereocenters. The van der Waals surface area contributed by atoms with Crippen LogP contribution in [0.4, 0.5) is 5.69 Å². The van der Waals surface area contributed by atoms with Gasteiger partial charge in [0.1, 0.15) is 12.6 Å². The van der Waals surface area contributed by atoms with Crippen molar-refractivity contribution in [2.45, 2.75) is 44.7 Å². The van der Waals surface area contributed by atoms with Gasteiger partial charge in [0.05, 0.1) is 10.6 Å². The molecule has 4 aromatic carbocycles. The van der Waals surface area contributed by atoms with Crippen molar-refractivity contribution in [1.29, 1.82) is 0 Å². The van der Waals surface area contributed by atoms with E-state index in [0.717, 1.165) is 15.4 Å². The van der Waals surface area contributed by atoms with Crippen LogP contribution in [0.2, 0.25) is 10.0 Å². The fourth-order valence-electron chi connectivity index (χ4n) is 4.81. The zero-order valence-corrected chi connectivity index (χ0v) is 29.7. The van der Waals surface area contributed by atoms with Crippen LogP contribution >= 0.6 is 39.1 Å². The van der Waals surface area contributed by atoms with Gasteiger partial charge in [-0.2, -0.15) is 0 Å². The van der Waals surface area contributed by atoms with Gasteiger partial charge in [0.2, 0.25) is 11.8 Å². The normalized spacial score (nSPS) is 12.1. The van der Waals surface area contributed by atoms with Crippen LogP contribution < -0.4 is 9.62 Å². The number of carbonyl (C=O) groups is 2. The number of halogens is 3. The standard InChI is InChI=1S/C35H36BrCl2N3O4S/c1-24(2)21-39-35(43)33(18-26-8-5-4-6-9-26)40(22-27-14-15-29(37)20-32(27)38)34(42)23-41(30-11-7-10-28(36)19-30)46(44,45)31-16-12-25(3)13-17-31/h4-17,19-20,24,33H,18,21-23H2,1-3H3,(H,39,43)/t33-/m0/s1. The molecule has 0 aliphatic rings. The predicted octanol–water partition coefficient (Wildman–Crippen LogP) is 7.67. The second kappa shape index (κ2) is 16.0. The van der Waals surface area contributed by atoms with E-state index in [9.17, 15) is 18.0 Å². The average Bonchev–Trinajstić information content (AvgIpc) is 3.01. The first kappa shape index (κ1) is 35.5. The number of aryl methyl sites for hydroxylation is 1. The van der Waals surface area contributed by atoms with Crippen molar-refractivity contribution in [2.75, 3.05) is 17.4 Å². The molecule has 46 heavy (non-hydrogen) atoms. The van der Waals surface area contributed by atoms with Gasteiger partial charge in [-0.1, -0.05) is 113 Å². The van der Waals surface area contributed by atoms with Gasteiger partial charge >= 0.3 is 0 Å². The average molecular weight is 746 g/mol. The molecule has 1 atom stereocenters. The number of rotatable bonds is 13. The lowest BCUT2D eigenvalue weighted by atomic mass is 10.0. The number of benzene rings is 4. The Morgan fingerprint density at radius 2 is 1.59 bits per heavy atom. The number of amides is 2. The fraction of sp³-hybridized carbons (Fsp3) is 0.257. The smallest absolute Gasteiger partial charge is 0.264 e. The van der Waals surface area contributed by atoms with Crippen LogP contribution in [0.5, 0.6) is 0 Å². The van der Waals surface area contributed by atoms with Gasteiger partial charge in [-0.05, 0) is 66.4 Å². The summed E-state index contributed by atoms with van der Waals surface area (Å²) in [4.78, 5) is 29.9. The van der Waals surface area contributed by atoms with Crippen LogP contribution in [-0.4, -0.2) is 44.3 Å². The molecule has 0 radical (unpaired) electrons. The first-order chi connectivity index (χ1) is 21.8. The summed E-state index contributed by atoms with van der Waals surface area (Å²) in [6, 6.07) is 26.5. The van der Waals surface area contributed by atoms with Gasteiger partial charge < -0.3 is 10.2 Å². The van der Waals surface area contributed by atoms with Gasteiger partial charge in [0.25, 0.3) is 10.0 Å². The lowest BCUT2D eigenvalue weighted by Gasteiger charge is -2.34. The SMILES string of the molecule is Cc1ccc(S(=O)(=O)N(CC(=O)N(Cc2ccc(Cl)cc2Cl)[C@@H](Cc2ccccc2)C(=O)NCC(C)C)c2cccc(Br)c2)cc1. The highest BCUT2D eigenvalue weighted by molar-refractivity contribution is 9.10. The van der Waals surface area contributed by atoms with Gasteiger partial charge in [0, 0.05) is 34.0 Å². The maximum absolute atomic E-state index is 14.6. The molecule has 1 N–H and O–H groups in total. The summed E-state index contributed by atoms with van der Waals surface area (Å²) in [5.41, 5.74) is 2.58. The summed E-state index contributed by atoms with van der Waals surface area (Å²) in [5.74, 6) is -0.767. The molecule has 0 aliphatic heterocycles. The van der Waals surface area contributed by atoms with E-state index in [0.29, 0.717) is 26.6 Å². The summed E-state index contributed by atoms with van der Waals surface area (Å²) in [6.07, 6.45) is 0.198. The number of carbonyl (C=O) groups excluding carboxylic acids is 2. The molecule has 0 saturated carbocycles. The Kier molecular flexibility index (Phi) is 12.3. The minimum absolute atomic E-state index is 0.0358. The van der Waals surface area contributed by atoms with Gasteiger partial charge in [-0.15, -0.1) is 0 Å². The molecule has 4 aromatic rings. The van der Waals surface area contributed by atoms with E-state index in [-0.39, 0.29) is 35.4 Å². The molecular weight excluding hydrogens is 709 g/mol. The number of hydrogen-bond donors (Lipinski definition) is 1. The molecule has 0 bridgehead atoms. The van der Waals surface area contributed by atoms with Gasteiger partial charge in [-0.25, -0.2) is 8.42 Å². The predicted molar refractivity (Wildman–Crippen MR) is 189 cm³/mol. The Balaban J connectivity index is 1.82. The maximum Gasteiger partial charge on any atom is 0.264 e.